The van der Waals surface area contributed by atoms with Gasteiger partial charge in [-0.15, -0.1) is 0 Å². The van der Waals surface area contributed by atoms with Crippen molar-refractivity contribution >= 4 is 11.9 Å². The average molecular weight is 297 g/mol. The number of carbonyl (C=O) groups excluding carboxylic acids is 2. The van der Waals surface area contributed by atoms with Crippen molar-refractivity contribution in [2.45, 2.75) is 78.2 Å². The summed E-state index contributed by atoms with van der Waals surface area (Å²) in [5.74, 6) is 0.350. The Balaban J connectivity index is 2.63. The van der Waals surface area contributed by atoms with E-state index in [2.05, 4.69) is 13.8 Å². The predicted octanol–water partition coefficient (Wildman–Crippen LogP) is 3.54. The number of rotatable bonds is 7. The second kappa shape index (κ2) is 9.80. The first-order chi connectivity index (χ1) is 10.0. The molecule has 0 saturated heterocycles. The van der Waals surface area contributed by atoms with Crippen molar-refractivity contribution in [1.82, 2.24) is 4.90 Å². The lowest BCUT2D eigenvalue weighted by molar-refractivity contribution is -0.144. The molecule has 0 atom stereocenters. The van der Waals surface area contributed by atoms with Crippen LogP contribution in [0.5, 0.6) is 0 Å². The predicted molar refractivity (Wildman–Crippen MR) is 83.9 cm³/mol. The molecule has 21 heavy (non-hydrogen) atoms. The van der Waals surface area contributed by atoms with Crippen molar-refractivity contribution in [1.29, 1.82) is 0 Å². The maximum absolute atomic E-state index is 12.5. The van der Waals surface area contributed by atoms with E-state index in [1.807, 2.05) is 11.8 Å². The first-order valence-corrected chi connectivity index (χ1v) is 8.49. The van der Waals surface area contributed by atoms with Crippen molar-refractivity contribution in [3.05, 3.63) is 0 Å². The molecule has 1 amide bonds. The van der Waals surface area contributed by atoms with Crippen LogP contribution in [-0.2, 0) is 14.3 Å². The van der Waals surface area contributed by atoms with Crippen LogP contribution < -0.4 is 0 Å². The summed E-state index contributed by atoms with van der Waals surface area (Å²) in [7, 11) is 0. The molecule has 1 rings (SSSR count). The van der Waals surface area contributed by atoms with Crippen LogP contribution in [0.4, 0.5) is 0 Å². The molecule has 122 valence electrons. The van der Waals surface area contributed by atoms with E-state index in [0.717, 1.165) is 12.8 Å². The van der Waals surface area contributed by atoms with Gasteiger partial charge < -0.3 is 9.64 Å². The van der Waals surface area contributed by atoms with Gasteiger partial charge in [0.1, 0.15) is 0 Å². The van der Waals surface area contributed by atoms with Gasteiger partial charge in [0.05, 0.1) is 13.0 Å². The monoisotopic (exact) mass is 297 g/mol. The molecule has 4 heteroatoms. The number of esters is 1. The summed E-state index contributed by atoms with van der Waals surface area (Å²) in [4.78, 5) is 26.1. The highest BCUT2D eigenvalue weighted by molar-refractivity contribution is 5.77. The maximum atomic E-state index is 12.5. The summed E-state index contributed by atoms with van der Waals surface area (Å²) in [6.07, 6.45) is 7.94. The van der Waals surface area contributed by atoms with Crippen molar-refractivity contribution in [2.24, 2.45) is 5.92 Å². The van der Waals surface area contributed by atoms with Gasteiger partial charge >= 0.3 is 5.97 Å². The molecule has 0 heterocycles. The first kappa shape index (κ1) is 18.0. The van der Waals surface area contributed by atoms with Gasteiger partial charge in [-0.05, 0) is 25.7 Å². The zero-order chi connectivity index (χ0) is 15.7. The smallest absolute Gasteiger partial charge is 0.307 e. The third-order valence-corrected chi connectivity index (χ3v) is 4.03. The lowest BCUT2D eigenvalue weighted by atomic mass is 10.0. The molecule has 0 radical (unpaired) electrons. The molecule has 0 bridgehead atoms. The Labute approximate surface area is 129 Å². The van der Waals surface area contributed by atoms with Crippen LogP contribution in [-0.4, -0.2) is 36.0 Å². The first-order valence-electron chi connectivity index (χ1n) is 8.49. The topological polar surface area (TPSA) is 46.6 Å². The van der Waals surface area contributed by atoms with Crippen LogP contribution in [0.25, 0.3) is 0 Å². The normalized spacial score (nSPS) is 16.6. The molecular formula is C17H31NO3. The fourth-order valence-electron chi connectivity index (χ4n) is 2.99. The van der Waals surface area contributed by atoms with Gasteiger partial charge in [-0.1, -0.05) is 39.5 Å². The van der Waals surface area contributed by atoms with E-state index in [0.29, 0.717) is 38.0 Å². The van der Waals surface area contributed by atoms with Gasteiger partial charge in [-0.3, -0.25) is 9.59 Å². The van der Waals surface area contributed by atoms with Gasteiger partial charge in [0.25, 0.3) is 0 Å². The fraction of sp³-hybridized carbons (Fsp3) is 0.882. The molecule has 0 aliphatic heterocycles. The summed E-state index contributed by atoms with van der Waals surface area (Å²) in [6.45, 7) is 6.85. The van der Waals surface area contributed by atoms with Crippen LogP contribution in [0.15, 0.2) is 0 Å². The van der Waals surface area contributed by atoms with E-state index in [1.54, 1.807) is 0 Å². The second-order valence-corrected chi connectivity index (χ2v) is 6.39. The third kappa shape index (κ3) is 6.96. The van der Waals surface area contributed by atoms with Gasteiger partial charge in [0.15, 0.2) is 0 Å². The molecule has 0 aromatic heterocycles. The van der Waals surface area contributed by atoms with Crippen molar-refractivity contribution < 1.29 is 14.3 Å². The Morgan fingerprint density at radius 2 is 1.76 bits per heavy atom. The molecule has 0 unspecified atom stereocenters. The highest BCUT2D eigenvalue weighted by Crippen LogP contribution is 2.23. The molecule has 0 spiro atoms. The Morgan fingerprint density at radius 3 is 2.29 bits per heavy atom. The van der Waals surface area contributed by atoms with Gasteiger partial charge in [-0.25, -0.2) is 0 Å². The minimum atomic E-state index is -0.200. The number of nitrogens with zero attached hydrogens (tertiary/aromatic N) is 1. The van der Waals surface area contributed by atoms with Gasteiger partial charge in [0.2, 0.25) is 5.91 Å². The molecule has 4 nitrogen and oxygen atoms in total. The minimum absolute atomic E-state index is 0.196. The van der Waals surface area contributed by atoms with Crippen LogP contribution >= 0.6 is 0 Å². The number of hydrogen-bond donors (Lipinski definition) is 0. The number of carbonyl (C=O) groups is 2. The average Bonchev–Trinajstić information content (AvgIpc) is 2.67. The third-order valence-electron chi connectivity index (χ3n) is 4.03. The molecule has 0 aromatic rings. The van der Waals surface area contributed by atoms with Crippen LogP contribution in [0, 0.1) is 5.92 Å². The summed E-state index contributed by atoms with van der Waals surface area (Å²) in [5.41, 5.74) is 0. The fourth-order valence-corrected chi connectivity index (χ4v) is 2.99. The van der Waals surface area contributed by atoms with Gasteiger partial charge in [-0.2, -0.15) is 0 Å². The maximum Gasteiger partial charge on any atom is 0.307 e. The highest BCUT2D eigenvalue weighted by Gasteiger charge is 2.25. The highest BCUT2D eigenvalue weighted by atomic mass is 16.5. The lowest BCUT2D eigenvalue weighted by Gasteiger charge is -2.31. The van der Waals surface area contributed by atoms with E-state index in [-0.39, 0.29) is 11.9 Å². The quantitative estimate of drug-likeness (QED) is 0.533. The van der Waals surface area contributed by atoms with Gasteiger partial charge in [0, 0.05) is 19.0 Å². The standard InChI is InChI=1S/C17H31NO3/c1-4-21-17(20)11-12-18(16(19)13-14(2)3)15-9-7-5-6-8-10-15/h14-15H,4-13H2,1-3H3. The Morgan fingerprint density at radius 1 is 1.14 bits per heavy atom. The molecule has 1 aliphatic carbocycles. The van der Waals surface area contributed by atoms with Crippen molar-refractivity contribution in [2.75, 3.05) is 13.2 Å². The molecule has 0 N–H and O–H groups in total. The summed E-state index contributed by atoms with van der Waals surface area (Å²) < 4.78 is 4.99. The number of ether oxygens (including phenoxy) is 1. The molecular weight excluding hydrogens is 266 g/mol. The van der Waals surface area contributed by atoms with Crippen LogP contribution in [0.1, 0.15) is 72.1 Å². The molecule has 0 aromatic carbocycles. The zero-order valence-electron chi connectivity index (χ0n) is 13.9. The molecule has 1 saturated carbocycles. The lowest BCUT2D eigenvalue weighted by Crippen LogP contribution is -2.42. The molecule has 1 fully saturated rings. The van der Waals surface area contributed by atoms with Crippen molar-refractivity contribution in [3.8, 4) is 0 Å². The minimum Gasteiger partial charge on any atom is -0.466 e. The van der Waals surface area contributed by atoms with Crippen LogP contribution in [0.3, 0.4) is 0 Å². The SMILES string of the molecule is CCOC(=O)CCN(C(=O)CC(C)C)C1CCCCCC1. The second-order valence-electron chi connectivity index (χ2n) is 6.39. The van der Waals surface area contributed by atoms with E-state index >= 15 is 0 Å². The number of amides is 1. The van der Waals surface area contributed by atoms with Crippen molar-refractivity contribution in [3.63, 3.8) is 0 Å². The van der Waals surface area contributed by atoms with E-state index in [1.165, 1.54) is 25.7 Å². The summed E-state index contributed by atoms with van der Waals surface area (Å²) in [5, 5.41) is 0. The van der Waals surface area contributed by atoms with Crippen LogP contribution in [0.2, 0.25) is 0 Å². The van der Waals surface area contributed by atoms with E-state index < -0.39 is 0 Å². The van der Waals surface area contributed by atoms with E-state index in [4.69, 9.17) is 4.74 Å². The Hall–Kier alpha value is -1.06. The summed E-state index contributed by atoms with van der Waals surface area (Å²) in [6, 6.07) is 0.313. The molecule has 1 aliphatic rings. The Bertz CT molecular complexity index is 320. The zero-order valence-corrected chi connectivity index (χ0v) is 13.9. The largest absolute Gasteiger partial charge is 0.466 e. The summed E-state index contributed by atoms with van der Waals surface area (Å²) >= 11 is 0. The number of hydrogen-bond acceptors (Lipinski definition) is 3. The Kier molecular flexibility index (Phi) is 8.40. The van der Waals surface area contributed by atoms with E-state index in [9.17, 15) is 9.59 Å².